The van der Waals surface area contributed by atoms with E-state index in [-0.39, 0.29) is 13.2 Å². The first-order chi connectivity index (χ1) is 8.21. The van der Waals surface area contributed by atoms with Gasteiger partial charge in [0.05, 0.1) is 31.8 Å². The van der Waals surface area contributed by atoms with Crippen molar-refractivity contribution < 1.29 is 19.4 Å². The number of hydrogen-bond donors (Lipinski definition) is 1. The summed E-state index contributed by atoms with van der Waals surface area (Å²) in [5, 5.41) is 9.51. The topological polar surface area (TPSA) is 55.8 Å². The van der Waals surface area contributed by atoms with Crippen molar-refractivity contribution in [2.45, 2.75) is 5.41 Å². The highest BCUT2D eigenvalue weighted by Gasteiger charge is 2.65. The first kappa shape index (κ1) is 10.7. The van der Waals surface area contributed by atoms with E-state index in [4.69, 9.17) is 9.47 Å². The van der Waals surface area contributed by atoms with Crippen LogP contribution in [0, 0.1) is 5.41 Å². The first-order valence-electron chi connectivity index (χ1n) is 5.66. The van der Waals surface area contributed by atoms with Gasteiger partial charge in [0.2, 0.25) is 0 Å². The summed E-state index contributed by atoms with van der Waals surface area (Å²) in [6.07, 6.45) is 0. The van der Waals surface area contributed by atoms with Gasteiger partial charge in [-0.05, 0) is 5.56 Å². The van der Waals surface area contributed by atoms with E-state index in [1.54, 1.807) is 0 Å². The lowest BCUT2D eigenvalue weighted by atomic mass is 9.57. The Kier molecular flexibility index (Phi) is 2.24. The predicted octanol–water partition coefficient (Wildman–Crippen LogP) is 1.06. The third-order valence-electron chi connectivity index (χ3n) is 4.05. The second-order valence-corrected chi connectivity index (χ2v) is 4.82. The summed E-state index contributed by atoms with van der Waals surface area (Å²) in [5.74, 6) is -0.782. The molecular weight excluding hydrogens is 220 g/mol. The minimum atomic E-state index is -0.813. The lowest BCUT2D eigenvalue weighted by Gasteiger charge is -2.56. The van der Waals surface area contributed by atoms with Crippen LogP contribution >= 0.6 is 0 Å². The average molecular weight is 234 g/mol. The fraction of sp³-hybridized carbons (Fsp3) is 0.462. The van der Waals surface area contributed by atoms with Crippen LogP contribution in [0.2, 0.25) is 0 Å². The fourth-order valence-corrected chi connectivity index (χ4v) is 2.69. The maximum Gasteiger partial charge on any atom is 0.315 e. The van der Waals surface area contributed by atoms with Crippen LogP contribution < -0.4 is 0 Å². The molecule has 4 nitrogen and oxygen atoms in total. The van der Waals surface area contributed by atoms with E-state index in [0.717, 1.165) is 5.56 Å². The van der Waals surface area contributed by atoms with E-state index < -0.39 is 16.8 Å². The van der Waals surface area contributed by atoms with Crippen molar-refractivity contribution in [3.8, 4) is 0 Å². The average Bonchev–Trinajstić information content (AvgIpc) is 2.21. The van der Waals surface area contributed by atoms with Gasteiger partial charge in [0.25, 0.3) is 0 Å². The van der Waals surface area contributed by atoms with E-state index >= 15 is 0 Å². The Bertz CT molecular complexity index is 432. The summed E-state index contributed by atoms with van der Waals surface area (Å²) in [5.41, 5.74) is -0.192. The van der Waals surface area contributed by atoms with E-state index in [0.29, 0.717) is 13.2 Å². The number of carbonyl (C=O) groups is 1. The first-order valence-corrected chi connectivity index (χ1v) is 5.66. The molecule has 2 fully saturated rings. The molecule has 0 atom stereocenters. The zero-order valence-electron chi connectivity index (χ0n) is 9.39. The smallest absolute Gasteiger partial charge is 0.315 e. The molecule has 1 N–H and O–H groups in total. The minimum absolute atomic E-state index is 0.278. The lowest BCUT2D eigenvalue weighted by molar-refractivity contribution is -0.236. The molecule has 0 bridgehead atoms. The summed E-state index contributed by atoms with van der Waals surface area (Å²) in [7, 11) is 0. The highest BCUT2D eigenvalue weighted by Crippen LogP contribution is 2.51. The Morgan fingerprint density at radius 2 is 1.65 bits per heavy atom. The van der Waals surface area contributed by atoms with Crippen LogP contribution in [0.3, 0.4) is 0 Å². The van der Waals surface area contributed by atoms with Gasteiger partial charge in [0, 0.05) is 0 Å². The van der Waals surface area contributed by atoms with Crippen molar-refractivity contribution >= 4 is 5.97 Å². The molecule has 2 aliphatic rings. The second kappa shape index (κ2) is 3.55. The molecule has 90 valence electrons. The van der Waals surface area contributed by atoms with Gasteiger partial charge in [-0.1, -0.05) is 30.3 Å². The van der Waals surface area contributed by atoms with Crippen LogP contribution in [-0.4, -0.2) is 37.5 Å². The fourth-order valence-electron chi connectivity index (χ4n) is 2.69. The maximum absolute atomic E-state index is 11.6. The molecule has 1 aromatic rings. The van der Waals surface area contributed by atoms with Gasteiger partial charge in [-0.15, -0.1) is 0 Å². The van der Waals surface area contributed by atoms with Crippen LogP contribution in [0.4, 0.5) is 0 Å². The quantitative estimate of drug-likeness (QED) is 0.849. The van der Waals surface area contributed by atoms with Gasteiger partial charge in [0.1, 0.15) is 5.41 Å². The Balaban J connectivity index is 2.06. The Morgan fingerprint density at radius 1 is 1.06 bits per heavy atom. The van der Waals surface area contributed by atoms with E-state index in [1.807, 2.05) is 30.3 Å². The SMILES string of the molecule is O=C(O)C1(C2(c3ccccc3)COC2)COC1. The van der Waals surface area contributed by atoms with Gasteiger partial charge in [-0.25, -0.2) is 0 Å². The number of ether oxygens (including phenoxy) is 2. The Labute approximate surface area is 99.2 Å². The molecule has 0 aromatic heterocycles. The summed E-state index contributed by atoms with van der Waals surface area (Å²) in [6, 6.07) is 9.76. The number of aliphatic carboxylic acids is 1. The lowest BCUT2D eigenvalue weighted by Crippen LogP contribution is -2.69. The molecule has 3 rings (SSSR count). The van der Waals surface area contributed by atoms with Crippen LogP contribution in [-0.2, 0) is 19.7 Å². The molecule has 0 aliphatic carbocycles. The van der Waals surface area contributed by atoms with E-state index in [9.17, 15) is 9.90 Å². The molecule has 17 heavy (non-hydrogen) atoms. The zero-order valence-corrected chi connectivity index (χ0v) is 9.39. The van der Waals surface area contributed by atoms with Crippen LogP contribution in [0.1, 0.15) is 5.56 Å². The minimum Gasteiger partial charge on any atom is -0.481 e. The van der Waals surface area contributed by atoms with E-state index in [2.05, 4.69) is 0 Å². The third kappa shape index (κ3) is 1.22. The monoisotopic (exact) mass is 234 g/mol. The third-order valence-corrected chi connectivity index (χ3v) is 4.05. The van der Waals surface area contributed by atoms with Crippen molar-refractivity contribution in [1.29, 1.82) is 0 Å². The van der Waals surface area contributed by atoms with Crippen molar-refractivity contribution in [2.75, 3.05) is 26.4 Å². The van der Waals surface area contributed by atoms with Gasteiger partial charge in [-0.3, -0.25) is 4.79 Å². The van der Waals surface area contributed by atoms with Gasteiger partial charge in [-0.2, -0.15) is 0 Å². The molecular formula is C13H14O4. The second-order valence-electron chi connectivity index (χ2n) is 4.82. The molecule has 0 unspecified atom stereocenters. The highest BCUT2D eigenvalue weighted by atomic mass is 16.5. The number of carboxylic acids is 1. The predicted molar refractivity (Wildman–Crippen MR) is 59.8 cm³/mol. The maximum atomic E-state index is 11.6. The molecule has 2 heterocycles. The molecule has 0 saturated carbocycles. The summed E-state index contributed by atoms with van der Waals surface area (Å²) < 4.78 is 10.5. The van der Waals surface area contributed by atoms with Gasteiger partial charge < -0.3 is 14.6 Å². The van der Waals surface area contributed by atoms with Crippen LogP contribution in [0.5, 0.6) is 0 Å². The van der Waals surface area contributed by atoms with Crippen molar-refractivity contribution in [2.24, 2.45) is 5.41 Å². The van der Waals surface area contributed by atoms with Crippen molar-refractivity contribution in [3.05, 3.63) is 35.9 Å². The molecule has 2 saturated heterocycles. The van der Waals surface area contributed by atoms with Gasteiger partial charge in [0.15, 0.2) is 0 Å². The number of benzene rings is 1. The summed E-state index contributed by atoms with van der Waals surface area (Å²) in [6.45, 7) is 1.49. The largest absolute Gasteiger partial charge is 0.481 e. The number of hydrogen-bond acceptors (Lipinski definition) is 3. The summed E-state index contributed by atoms with van der Waals surface area (Å²) in [4.78, 5) is 11.6. The van der Waals surface area contributed by atoms with Crippen LogP contribution in [0.25, 0.3) is 0 Å². The van der Waals surface area contributed by atoms with E-state index in [1.165, 1.54) is 0 Å². The van der Waals surface area contributed by atoms with Gasteiger partial charge >= 0.3 is 5.97 Å². The normalized spacial score (nSPS) is 24.5. The molecule has 0 spiro atoms. The summed E-state index contributed by atoms with van der Waals surface area (Å²) >= 11 is 0. The number of rotatable bonds is 3. The molecule has 4 heteroatoms. The molecule has 0 amide bonds. The zero-order chi connectivity index (χ0) is 11.9. The van der Waals surface area contributed by atoms with Crippen molar-refractivity contribution in [3.63, 3.8) is 0 Å². The molecule has 2 aliphatic heterocycles. The standard InChI is InChI=1S/C13H14O4/c14-11(15)13(8-17-9-13)12(6-16-7-12)10-4-2-1-3-5-10/h1-5H,6-9H2,(H,14,15). The highest BCUT2D eigenvalue weighted by molar-refractivity contribution is 5.79. The molecule has 1 aromatic carbocycles. The number of carboxylic acid groups (broad SMARTS) is 1. The van der Waals surface area contributed by atoms with Crippen molar-refractivity contribution in [1.82, 2.24) is 0 Å². The van der Waals surface area contributed by atoms with Crippen LogP contribution in [0.15, 0.2) is 30.3 Å². The Hall–Kier alpha value is -1.39. The Morgan fingerprint density at radius 3 is 2.00 bits per heavy atom. The molecule has 0 radical (unpaired) electrons.